The molecule has 0 bridgehead atoms. The molecule has 34 heavy (non-hydrogen) atoms. The average molecular weight is 458 g/mol. The van der Waals surface area contributed by atoms with Crippen molar-refractivity contribution in [2.24, 2.45) is 0 Å². The van der Waals surface area contributed by atoms with Gasteiger partial charge in [-0.25, -0.2) is 9.59 Å². The second-order valence-corrected chi connectivity index (χ2v) is 7.18. The number of ether oxygens (including phenoxy) is 1. The number of para-hydroxylation sites is 2. The highest BCUT2D eigenvalue weighted by Gasteiger charge is 2.20. The van der Waals surface area contributed by atoms with Gasteiger partial charge in [0, 0.05) is 28.7 Å². The van der Waals surface area contributed by atoms with Gasteiger partial charge in [0.15, 0.2) is 6.61 Å². The molecule has 3 rings (SSSR count). The van der Waals surface area contributed by atoms with Crippen LogP contribution in [0, 0.1) is 0 Å². The van der Waals surface area contributed by atoms with Crippen molar-refractivity contribution in [2.75, 3.05) is 16.8 Å². The first-order chi connectivity index (χ1) is 16.3. The number of nitrogens with zero attached hydrogens (tertiary/aromatic N) is 1. The van der Waals surface area contributed by atoms with E-state index >= 15 is 0 Å². The smallest absolute Gasteiger partial charge is 0.338 e. The molecule has 2 amide bonds. The van der Waals surface area contributed by atoms with Crippen LogP contribution >= 0.6 is 0 Å². The van der Waals surface area contributed by atoms with Crippen LogP contribution in [0.3, 0.4) is 0 Å². The van der Waals surface area contributed by atoms with Crippen LogP contribution in [0.4, 0.5) is 17.1 Å². The van der Waals surface area contributed by atoms with Crippen LogP contribution in [0.5, 0.6) is 0 Å². The Morgan fingerprint density at radius 3 is 1.88 bits per heavy atom. The van der Waals surface area contributed by atoms with Gasteiger partial charge >= 0.3 is 11.9 Å². The molecule has 0 aromatic heterocycles. The molecule has 0 radical (unpaired) electrons. The van der Waals surface area contributed by atoms with E-state index in [0.717, 1.165) is 6.08 Å². The molecule has 0 saturated heterocycles. The molecule has 3 aromatic carbocycles. The molecule has 0 aliphatic rings. The number of carbonyl (C=O) groups excluding carboxylic acids is 3. The lowest BCUT2D eigenvalue weighted by atomic mass is 10.2. The largest absolute Gasteiger partial charge is 0.478 e. The zero-order valence-electron chi connectivity index (χ0n) is 18.3. The normalized spacial score (nSPS) is 10.8. The molecule has 3 aromatic rings. The maximum absolute atomic E-state index is 12.9. The van der Waals surface area contributed by atoms with Gasteiger partial charge in [0.25, 0.3) is 5.91 Å². The van der Waals surface area contributed by atoms with Crippen molar-refractivity contribution in [3.05, 3.63) is 102 Å². The van der Waals surface area contributed by atoms with Gasteiger partial charge in [-0.15, -0.1) is 0 Å². The van der Waals surface area contributed by atoms with Crippen molar-refractivity contribution >= 4 is 40.8 Å². The lowest BCUT2D eigenvalue weighted by molar-refractivity contribution is -0.132. The van der Waals surface area contributed by atoms with Crippen molar-refractivity contribution in [2.45, 2.75) is 6.92 Å². The van der Waals surface area contributed by atoms with Crippen molar-refractivity contribution < 1.29 is 29.0 Å². The summed E-state index contributed by atoms with van der Waals surface area (Å²) in [4.78, 5) is 49.5. The van der Waals surface area contributed by atoms with Crippen LogP contribution in [0.2, 0.25) is 0 Å². The molecule has 0 saturated carbocycles. The number of amides is 2. The summed E-state index contributed by atoms with van der Waals surface area (Å²) in [6.07, 6.45) is 0.960. The summed E-state index contributed by atoms with van der Waals surface area (Å²) in [6, 6.07) is 23.9. The van der Waals surface area contributed by atoms with E-state index in [0.29, 0.717) is 17.1 Å². The maximum atomic E-state index is 12.9. The van der Waals surface area contributed by atoms with Crippen LogP contribution in [-0.2, 0) is 19.1 Å². The molecule has 0 aliphatic heterocycles. The van der Waals surface area contributed by atoms with E-state index in [4.69, 9.17) is 9.84 Å². The van der Waals surface area contributed by atoms with Gasteiger partial charge in [-0.1, -0.05) is 36.4 Å². The topological polar surface area (TPSA) is 113 Å². The Kier molecular flexibility index (Phi) is 7.91. The molecular formula is C26H22N2O6. The molecule has 0 fully saturated rings. The monoisotopic (exact) mass is 458 g/mol. The predicted octanol–water partition coefficient (Wildman–Crippen LogP) is 4.18. The quantitative estimate of drug-likeness (QED) is 0.387. The minimum atomic E-state index is -1.19. The lowest BCUT2D eigenvalue weighted by Gasteiger charge is -2.22. The number of rotatable bonds is 8. The summed E-state index contributed by atoms with van der Waals surface area (Å²) in [7, 11) is 0. The number of nitrogens with one attached hydrogen (secondary N) is 1. The molecule has 0 aliphatic carbocycles. The van der Waals surface area contributed by atoms with E-state index in [9.17, 15) is 19.2 Å². The fourth-order valence-electron chi connectivity index (χ4n) is 2.99. The molecule has 8 nitrogen and oxygen atoms in total. The van der Waals surface area contributed by atoms with Crippen molar-refractivity contribution in [1.82, 2.24) is 0 Å². The van der Waals surface area contributed by atoms with Crippen molar-refractivity contribution in [3.8, 4) is 0 Å². The average Bonchev–Trinajstić information content (AvgIpc) is 2.84. The third-order valence-corrected chi connectivity index (χ3v) is 4.68. The van der Waals surface area contributed by atoms with E-state index in [1.807, 2.05) is 36.4 Å². The first-order valence-electron chi connectivity index (χ1n) is 10.3. The summed E-state index contributed by atoms with van der Waals surface area (Å²) in [6.45, 7) is 0.833. The van der Waals surface area contributed by atoms with E-state index < -0.39 is 30.4 Å². The van der Waals surface area contributed by atoms with Gasteiger partial charge in [-0.05, 0) is 55.5 Å². The summed E-state index contributed by atoms with van der Waals surface area (Å²) >= 11 is 0. The van der Waals surface area contributed by atoms with E-state index in [1.165, 1.54) is 36.1 Å². The summed E-state index contributed by atoms with van der Waals surface area (Å²) in [5, 5.41) is 11.3. The lowest BCUT2D eigenvalue weighted by Crippen LogP contribution is -2.30. The fourth-order valence-corrected chi connectivity index (χ4v) is 2.99. The van der Waals surface area contributed by atoms with E-state index in [1.54, 1.807) is 24.3 Å². The highest BCUT2D eigenvalue weighted by molar-refractivity contribution is 6.05. The van der Waals surface area contributed by atoms with Crippen LogP contribution in [0.1, 0.15) is 17.3 Å². The number of carbonyl (C=O) groups is 4. The zero-order valence-corrected chi connectivity index (χ0v) is 18.3. The van der Waals surface area contributed by atoms with Crippen LogP contribution < -0.4 is 10.2 Å². The van der Waals surface area contributed by atoms with Gasteiger partial charge < -0.3 is 15.2 Å². The highest BCUT2D eigenvalue weighted by atomic mass is 16.5. The highest BCUT2D eigenvalue weighted by Crippen LogP contribution is 2.25. The molecule has 0 heterocycles. The molecule has 0 atom stereocenters. The third-order valence-electron chi connectivity index (χ3n) is 4.68. The minimum Gasteiger partial charge on any atom is -0.478 e. The number of hydrogen-bond donors (Lipinski definition) is 2. The molecule has 2 N–H and O–H groups in total. The number of esters is 1. The second kappa shape index (κ2) is 11.2. The van der Waals surface area contributed by atoms with Crippen LogP contribution in [0.15, 0.2) is 96.6 Å². The Hall–Kier alpha value is -4.72. The van der Waals surface area contributed by atoms with E-state index in [-0.39, 0.29) is 11.1 Å². The van der Waals surface area contributed by atoms with Crippen molar-refractivity contribution in [3.63, 3.8) is 0 Å². The Labute approximate surface area is 196 Å². The first-order valence-corrected chi connectivity index (χ1v) is 10.3. The maximum Gasteiger partial charge on any atom is 0.338 e. The molecular weight excluding hydrogens is 436 g/mol. The number of carboxylic acid groups (broad SMARTS) is 1. The second-order valence-electron chi connectivity index (χ2n) is 7.18. The summed E-state index contributed by atoms with van der Waals surface area (Å²) in [5.74, 6) is -2.92. The van der Waals surface area contributed by atoms with Crippen LogP contribution in [-0.4, -0.2) is 35.5 Å². The number of aliphatic carboxylic acids is 1. The molecule has 8 heteroatoms. The number of carboxylic acids is 1. The number of benzene rings is 3. The zero-order chi connectivity index (χ0) is 24.5. The SMILES string of the molecule is C/C(=C/C(=O)Nc1ccc(C(=O)OCC(=O)N(c2ccccc2)c2ccccc2)cc1)C(=O)O. The Morgan fingerprint density at radius 2 is 1.38 bits per heavy atom. The third kappa shape index (κ3) is 6.39. The standard InChI is InChI=1S/C26H22N2O6/c1-18(25(31)32)16-23(29)27-20-14-12-19(13-15-20)26(33)34-17-24(30)28(21-8-4-2-5-9-21)22-10-6-3-7-11-22/h2-16H,17H2,1H3,(H,27,29)(H,31,32)/b18-16-. The number of anilines is 3. The Morgan fingerprint density at radius 1 is 0.853 bits per heavy atom. The fraction of sp³-hybridized carbons (Fsp3) is 0.0769. The van der Waals surface area contributed by atoms with E-state index in [2.05, 4.69) is 5.32 Å². The molecule has 0 unspecified atom stereocenters. The van der Waals surface area contributed by atoms with Gasteiger partial charge in [-0.3, -0.25) is 14.5 Å². The van der Waals surface area contributed by atoms with Gasteiger partial charge in [0.2, 0.25) is 5.91 Å². The van der Waals surface area contributed by atoms with Crippen molar-refractivity contribution in [1.29, 1.82) is 0 Å². The van der Waals surface area contributed by atoms with Gasteiger partial charge in [0.1, 0.15) is 0 Å². The van der Waals surface area contributed by atoms with Gasteiger partial charge in [0.05, 0.1) is 5.56 Å². The molecule has 0 spiro atoms. The first kappa shape index (κ1) is 23.9. The van der Waals surface area contributed by atoms with Crippen LogP contribution in [0.25, 0.3) is 0 Å². The Balaban J connectivity index is 1.64. The van der Waals surface area contributed by atoms with Gasteiger partial charge in [-0.2, -0.15) is 0 Å². The summed E-state index contributed by atoms with van der Waals surface area (Å²) in [5.41, 5.74) is 1.73. The predicted molar refractivity (Wildman–Crippen MR) is 127 cm³/mol. The Bertz CT molecular complexity index is 1170. The number of hydrogen-bond acceptors (Lipinski definition) is 5. The molecule has 172 valence electrons. The minimum absolute atomic E-state index is 0.109. The summed E-state index contributed by atoms with van der Waals surface area (Å²) < 4.78 is 5.22.